The van der Waals surface area contributed by atoms with Gasteiger partial charge in [0.15, 0.2) is 22.3 Å². The monoisotopic (exact) mass is 372 g/mol. The smallest absolute Gasteiger partial charge is 0.270 e. The van der Waals surface area contributed by atoms with Crippen molar-refractivity contribution in [1.29, 1.82) is 0 Å². The highest BCUT2D eigenvalue weighted by Crippen LogP contribution is 2.39. The molecule has 3 heterocycles. The van der Waals surface area contributed by atoms with Crippen molar-refractivity contribution in [2.75, 3.05) is 11.4 Å². The molecule has 4 rings (SSSR count). The average molecular weight is 372 g/mol. The topological polar surface area (TPSA) is 126 Å². The minimum absolute atomic E-state index is 0.102. The Labute approximate surface area is 152 Å². The molecule has 0 saturated carbocycles. The number of oxazole rings is 1. The SMILES string of the molecule is NC(=O)c1coc([C@@H]2CCCN2c2nc(-c3ccc(O)c(O)c3)cs2)n1. The number of nitrogens with two attached hydrogens (primary N) is 1. The molecule has 1 saturated heterocycles. The Bertz CT molecular complexity index is 967. The van der Waals surface area contributed by atoms with E-state index >= 15 is 0 Å². The van der Waals surface area contributed by atoms with Gasteiger partial charge in [0.2, 0.25) is 5.89 Å². The number of carbonyl (C=O) groups is 1. The fraction of sp³-hybridized carbons (Fsp3) is 0.235. The van der Waals surface area contributed by atoms with Crippen LogP contribution in [0.4, 0.5) is 5.13 Å². The highest BCUT2D eigenvalue weighted by Gasteiger charge is 2.32. The van der Waals surface area contributed by atoms with E-state index in [9.17, 15) is 15.0 Å². The average Bonchev–Trinajstić information content (AvgIpc) is 3.36. The molecule has 9 heteroatoms. The van der Waals surface area contributed by atoms with E-state index in [-0.39, 0.29) is 23.2 Å². The number of aromatic nitrogens is 2. The maximum Gasteiger partial charge on any atom is 0.270 e. The van der Waals surface area contributed by atoms with Crippen molar-refractivity contribution in [3.63, 3.8) is 0 Å². The van der Waals surface area contributed by atoms with Crippen LogP contribution >= 0.6 is 11.3 Å². The third kappa shape index (κ3) is 2.86. The van der Waals surface area contributed by atoms with E-state index in [4.69, 9.17) is 10.2 Å². The minimum atomic E-state index is -0.617. The molecule has 1 aliphatic rings. The van der Waals surface area contributed by atoms with Gasteiger partial charge in [-0.05, 0) is 31.0 Å². The summed E-state index contributed by atoms with van der Waals surface area (Å²) in [7, 11) is 0. The zero-order valence-corrected chi connectivity index (χ0v) is 14.4. The van der Waals surface area contributed by atoms with Crippen molar-refractivity contribution < 1.29 is 19.4 Å². The summed E-state index contributed by atoms with van der Waals surface area (Å²) < 4.78 is 5.44. The molecule has 26 heavy (non-hydrogen) atoms. The molecule has 0 radical (unpaired) electrons. The summed E-state index contributed by atoms with van der Waals surface area (Å²) in [5.41, 5.74) is 6.77. The van der Waals surface area contributed by atoms with Crippen molar-refractivity contribution >= 4 is 22.4 Å². The molecule has 8 nitrogen and oxygen atoms in total. The lowest BCUT2D eigenvalue weighted by Crippen LogP contribution is -2.23. The zero-order chi connectivity index (χ0) is 18.3. The quantitative estimate of drug-likeness (QED) is 0.601. The molecule has 2 aromatic heterocycles. The summed E-state index contributed by atoms with van der Waals surface area (Å²) in [6.45, 7) is 0.798. The van der Waals surface area contributed by atoms with Gasteiger partial charge in [-0.1, -0.05) is 0 Å². The van der Waals surface area contributed by atoms with Gasteiger partial charge in [-0.25, -0.2) is 9.97 Å². The van der Waals surface area contributed by atoms with Gasteiger partial charge < -0.3 is 25.3 Å². The molecule has 0 bridgehead atoms. The van der Waals surface area contributed by atoms with E-state index < -0.39 is 5.91 Å². The van der Waals surface area contributed by atoms with E-state index in [2.05, 4.69) is 14.9 Å². The van der Waals surface area contributed by atoms with Gasteiger partial charge in [-0.2, -0.15) is 0 Å². The van der Waals surface area contributed by atoms with Crippen LogP contribution in [0.25, 0.3) is 11.3 Å². The molecule has 0 unspecified atom stereocenters. The lowest BCUT2D eigenvalue weighted by Gasteiger charge is -2.21. The number of carbonyl (C=O) groups excluding carboxylic acids is 1. The summed E-state index contributed by atoms with van der Waals surface area (Å²) in [4.78, 5) is 22.1. The molecule has 1 atom stereocenters. The van der Waals surface area contributed by atoms with E-state index in [0.29, 0.717) is 17.1 Å². The first kappa shape index (κ1) is 16.4. The van der Waals surface area contributed by atoms with Crippen LogP contribution in [0, 0.1) is 0 Å². The molecule has 0 aliphatic carbocycles. The highest BCUT2D eigenvalue weighted by molar-refractivity contribution is 7.14. The number of nitrogens with zero attached hydrogens (tertiary/aromatic N) is 3. The Morgan fingerprint density at radius 1 is 1.31 bits per heavy atom. The fourth-order valence-corrected chi connectivity index (χ4v) is 3.93. The molecule has 1 aliphatic heterocycles. The number of aromatic hydroxyl groups is 2. The number of anilines is 1. The van der Waals surface area contributed by atoms with Crippen LogP contribution in [0.3, 0.4) is 0 Å². The first-order chi connectivity index (χ1) is 12.5. The molecule has 3 aromatic rings. The lowest BCUT2D eigenvalue weighted by atomic mass is 10.1. The number of primary amides is 1. The van der Waals surface area contributed by atoms with Crippen molar-refractivity contribution in [1.82, 2.24) is 9.97 Å². The largest absolute Gasteiger partial charge is 0.504 e. The highest BCUT2D eigenvalue weighted by atomic mass is 32.1. The van der Waals surface area contributed by atoms with Crippen LogP contribution in [-0.4, -0.2) is 32.6 Å². The second kappa shape index (κ2) is 6.34. The Kier molecular flexibility index (Phi) is 4.00. The number of phenolic OH excluding ortho intramolecular Hbond substituents is 2. The molecule has 1 aromatic carbocycles. The van der Waals surface area contributed by atoms with E-state index in [1.54, 1.807) is 6.07 Å². The number of benzene rings is 1. The Hall–Kier alpha value is -3.07. The van der Waals surface area contributed by atoms with Gasteiger partial charge in [0, 0.05) is 17.5 Å². The summed E-state index contributed by atoms with van der Waals surface area (Å²) in [6, 6.07) is 4.50. The molecule has 1 amide bonds. The Morgan fingerprint density at radius 3 is 2.88 bits per heavy atom. The molecular formula is C17H16N4O4S. The van der Waals surface area contributed by atoms with E-state index in [0.717, 1.165) is 24.5 Å². The van der Waals surface area contributed by atoms with Crippen LogP contribution in [0.1, 0.15) is 35.3 Å². The van der Waals surface area contributed by atoms with E-state index in [1.807, 2.05) is 5.38 Å². The third-order valence-electron chi connectivity index (χ3n) is 4.32. The molecule has 4 N–H and O–H groups in total. The lowest BCUT2D eigenvalue weighted by molar-refractivity contribution is 0.0995. The van der Waals surface area contributed by atoms with Crippen LogP contribution in [0.15, 0.2) is 34.3 Å². The fourth-order valence-electron chi connectivity index (χ4n) is 3.02. The molecule has 0 spiro atoms. The van der Waals surface area contributed by atoms with Crippen LogP contribution in [0.5, 0.6) is 11.5 Å². The predicted molar refractivity (Wildman–Crippen MR) is 95.2 cm³/mol. The van der Waals surface area contributed by atoms with Gasteiger partial charge >= 0.3 is 0 Å². The van der Waals surface area contributed by atoms with E-state index in [1.165, 1.54) is 29.7 Å². The summed E-state index contributed by atoms with van der Waals surface area (Å²) in [5.74, 6) is -0.517. The van der Waals surface area contributed by atoms with Crippen molar-refractivity contribution in [3.05, 3.63) is 41.4 Å². The summed E-state index contributed by atoms with van der Waals surface area (Å²) in [6.07, 6.45) is 3.07. The number of amides is 1. The van der Waals surface area contributed by atoms with Crippen molar-refractivity contribution in [2.45, 2.75) is 18.9 Å². The maximum absolute atomic E-state index is 11.2. The second-order valence-electron chi connectivity index (χ2n) is 6.01. The second-order valence-corrected chi connectivity index (χ2v) is 6.84. The van der Waals surface area contributed by atoms with Crippen molar-refractivity contribution in [2.24, 2.45) is 5.73 Å². The van der Waals surface area contributed by atoms with Crippen LogP contribution in [0.2, 0.25) is 0 Å². The van der Waals surface area contributed by atoms with Gasteiger partial charge in [-0.15, -0.1) is 11.3 Å². The molecular weight excluding hydrogens is 356 g/mol. The normalized spacial score (nSPS) is 16.9. The van der Waals surface area contributed by atoms with Crippen molar-refractivity contribution in [3.8, 4) is 22.8 Å². The third-order valence-corrected chi connectivity index (χ3v) is 5.20. The number of phenols is 2. The first-order valence-corrected chi connectivity index (χ1v) is 8.90. The Balaban J connectivity index is 1.61. The summed E-state index contributed by atoms with van der Waals surface area (Å²) >= 11 is 1.47. The minimum Gasteiger partial charge on any atom is -0.504 e. The number of thiazole rings is 1. The standard InChI is InChI=1S/C17H16N4O4S/c18-15(24)10-7-25-16(19-10)12-2-1-5-21(12)17-20-11(8-26-17)9-3-4-13(22)14(23)6-9/h3-4,6-8,12,22-23H,1-2,5H2,(H2,18,24)/t12-/m0/s1. The van der Waals surface area contributed by atoms with Gasteiger partial charge in [0.05, 0.1) is 5.69 Å². The zero-order valence-electron chi connectivity index (χ0n) is 13.6. The van der Waals surface area contributed by atoms with Gasteiger partial charge in [0.25, 0.3) is 5.91 Å². The summed E-state index contributed by atoms with van der Waals surface area (Å²) in [5, 5.41) is 21.8. The molecule has 134 valence electrons. The van der Waals surface area contributed by atoms with Crippen LogP contribution in [-0.2, 0) is 0 Å². The molecule has 1 fully saturated rings. The first-order valence-electron chi connectivity index (χ1n) is 8.02. The van der Waals surface area contributed by atoms with Gasteiger partial charge in [-0.3, -0.25) is 4.79 Å². The van der Waals surface area contributed by atoms with Crippen LogP contribution < -0.4 is 10.6 Å². The number of rotatable bonds is 4. The predicted octanol–water partition coefficient (Wildman–Crippen LogP) is 2.65. The number of hydrogen-bond donors (Lipinski definition) is 3. The van der Waals surface area contributed by atoms with Gasteiger partial charge in [0.1, 0.15) is 12.3 Å². The maximum atomic E-state index is 11.2. The Morgan fingerprint density at radius 2 is 2.15 bits per heavy atom. The number of hydrogen-bond acceptors (Lipinski definition) is 8.